The van der Waals surface area contributed by atoms with Crippen molar-refractivity contribution in [3.63, 3.8) is 0 Å². The van der Waals surface area contributed by atoms with Crippen molar-refractivity contribution < 1.29 is 14.6 Å². The van der Waals surface area contributed by atoms with E-state index in [9.17, 15) is 20.2 Å². The van der Waals surface area contributed by atoms with Gasteiger partial charge in [-0.3, -0.25) is 20.2 Å². The van der Waals surface area contributed by atoms with Crippen LogP contribution >= 0.6 is 0 Å². The van der Waals surface area contributed by atoms with Crippen LogP contribution in [0.2, 0.25) is 0 Å². The number of nitro groups is 2. The second-order valence-corrected chi connectivity index (χ2v) is 4.33. The third kappa shape index (κ3) is 3.16. The standard InChI is InChI=1S/C11H13N3O5/c15-13(16)9-1-2-10(11(5-9)14(17)18)12-6-8-3-4-19-7-8/h1-2,5,8,12H,3-4,6-7H2. The zero-order valence-corrected chi connectivity index (χ0v) is 10.1. The van der Waals surface area contributed by atoms with Crippen molar-refractivity contribution in [1.29, 1.82) is 0 Å². The molecular formula is C11H13N3O5. The summed E-state index contributed by atoms with van der Waals surface area (Å²) in [4.78, 5) is 20.2. The van der Waals surface area contributed by atoms with E-state index in [1.807, 2.05) is 0 Å². The second kappa shape index (κ2) is 5.61. The first-order valence-electron chi connectivity index (χ1n) is 5.82. The maximum atomic E-state index is 10.9. The van der Waals surface area contributed by atoms with Crippen LogP contribution in [0.3, 0.4) is 0 Å². The fourth-order valence-corrected chi connectivity index (χ4v) is 1.93. The molecule has 1 heterocycles. The molecule has 0 amide bonds. The van der Waals surface area contributed by atoms with Crippen molar-refractivity contribution in [2.75, 3.05) is 25.1 Å². The van der Waals surface area contributed by atoms with E-state index in [2.05, 4.69) is 5.32 Å². The summed E-state index contributed by atoms with van der Waals surface area (Å²) in [6.45, 7) is 1.89. The summed E-state index contributed by atoms with van der Waals surface area (Å²) in [7, 11) is 0. The van der Waals surface area contributed by atoms with Crippen molar-refractivity contribution in [3.8, 4) is 0 Å². The Morgan fingerprint density at radius 3 is 2.68 bits per heavy atom. The van der Waals surface area contributed by atoms with Gasteiger partial charge < -0.3 is 10.1 Å². The molecular weight excluding hydrogens is 254 g/mol. The molecule has 102 valence electrons. The van der Waals surface area contributed by atoms with Gasteiger partial charge in [0.1, 0.15) is 5.69 Å². The normalized spacial score (nSPS) is 18.2. The van der Waals surface area contributed by atoms with E-state index in [1.165, 1.54) is 12.1 Å². The number of hydrogen-bond acceptors (Lipinski definition) is 6. The van der Waals surface area contributed by atoms with Gasteiger partial charge in [0.15, 0.2) is 0 Å². The average Bonchev–Trinajstić information content (AvgIpc) is 2.89. The monoisotopic (exact) mass is 267 g/mol. The third-order valence-corrected chi connectivity index (χ3v) is 2.99. The summed E-state index contributed by atoms with van der Waals surface area (Å²) in [6.07, 6.45) is 0.910. The number of non-ortho nitro benzene ring substituents is 1. The van der Waals surface area contributed by atoms with Crippen LogP contribution in [-0.4, -0.2) is 29.6 Å². The van der Waals surface area contributed by atoms with Crippen molar-refractivity contribution in [3.05, 3.63) is 38.4 Å². The first-order chi connectivity index (χ1) is 9.08. The molecule has 1 saturated heterocycles. The highest BCUT2D eigenvalue weighted by Crippen LogP contribution is 2.29. The predicted octanol–water partition coefficient (Wildman–Crippen LogP) is 1.95. The summed E-state index contributed by atoms with van der Waals surface area (Å²) >= 11 is 0. The minimum absolute atomic E-state index is 0.284. The molecule has 0 aromatic heterocycles. The van der Waals surface area contributed by atoms with Crippen molar-refractivity contribution in [2.24, 2.45) is 5.92 Å². The van der Waals surface area contributed by atoms with Crippen molar-refractivity contribution in [1.82, 2.24) is 0 Å². The van der Waals surface area contributed by atoms with E-state index >= 15 is 0 Å². The van der Waals surface area contributed by atoms with E-state index in [1.54, 1.807) is 0 Å². The van der Waals surface area contributed by atoms with E-state index in [0.29, 0.717) is 31.4 Å². The molecule has 1 atom stereocenters. The topological polar surface area (TPSA) is 108 Å². The van der Waals surface area contributed by atoms with E-state index in [-0.39, 0.29) is 11.4 Å². The fourth-order valence-electron chi connectivity index (χ4n) is 1.93. The third-order valence-electron chi connectivity index (χ3n) is 2.99. The molecule has 19 heavy (non-hydrogen) atoms. The van der Waals surface area contributed by atoms with Gasteiger partial charge in [0.25, 0.3) is 11.4 Å². The van der Waals surface area contributed by atoms with Gasteiger partial charge in [-0.05, 0) is 12.5 Å². The molecule has 1 aliphatic heterocycles. The molecule has 0 radical (unpaired) electrons. The quantitative estimate of drug-likeness (QED) is 0.645. The molecule has 0 spiro atoms. The number of ether oxygens (including phenoxy) is 1. The Kier molecular flexibility index (Phi) is 3.91. The van der Waals surface area contributed by atoms with Gasteiger partial charge >= 0.3 is 0 Å². The highest BCUT2D eigenvalue weighted by molar-refractivity contribution is 5.65. The number of nitrogens with one attached hydrogen (secondary N) is 1. The van der Waals surface area contributed by atoms with Crippen LogP contribution < -0.4 is 5.32 Å². The predicted molar refractivity (Wildman–Crippen MR) is 67.2 cm³/mol. The lowest BCUT2D eigenvalue weighted by molar-refractivity contribution is -0.393. The zero-order valence-electron chi connectivity index (χ0n) is 10.1. The lowest BCUT2D eigenvalue weighted by Crippen LogP contribution is -2.14. The van der Waals surface area contributed by atoms with E-state index in [0.717, 1.165) is 12.5 Å². The van der Waals surface area contributed by atoms with Crippen LogP contribution in [-0.2, 0) is 4.74 Å². The van der Waals surface area contributed by atoms with Crippen molar-refractivity contribution >= 4 is 17.1 Å². The van der Waals surface area contributed by atoms with Gasteiger partial charge in [-0.1, -0.05) is 0 Å². The molecule has 1 N–H and O–H groups in total. The molecule has 1 aliphatic rings. The van der Waals surface area contributed by atoms with Gasteiger partial charge in [0.05, 0.1) is 22.5 Å². The number of hydrogen-bond donors (Lipinski definition) is 1. The van der Waals surface area contributed by atoms with Crippen LogP contribution in [0.1, 0.15) is 6.42 Å². The SMILES string of the molecule is O=[N+]([O-])c1ccc(NCC2CCOC2)c([N+](=O)[O-])c1. The highest BCUT2D eigenvalue weighted by atomic mass is 16.6. The Hall–Kier alpha value is -2.22. The first kappa shape index (κ1) is 13.2. The smallest absolute Gasteiger partial charge is 0.299 e. The van der Waals surface area contributed by atoms with E-state index < -0.39 is 9.85 Å². The summed E-state index contributed by atoms with van der Waals surface area (Å²) in [5.41, 5.74) is -0.280. The number of benzene rings is 1. The van der Waals surface area contributed by atoms with Crippen LogP contribution in [0.15, 0.2) is 18.2 Å². The van der Waals surface area contributed by atoms with Crippen LogP contribution in [0.4, 0.5) is 17.1 Å². The molecule has 1 fully saturated rings. The maximum Gasteiger partial charge on any atom is 0.299 e. The Labute approximate surface area is 108 Å². The van der Waals surface area contributed by atoms with Gasteiger partial charge in [-0.2, -0.15) is 0 Å². The van der Waals surface area contributed by atoms with Crippen LogP contribution in [0.25, 0.3) is 0 Å². The Bertz CT molecular complexity index is 499. The number of anilines is 1. The van der Waals surface area contributed by atoms with Gasteiger partial charge in [-0.15, -0.1) is 0 Å². The first-order valence-corrected chi connectivity index (χ1v) is 5.82. The molecule has 2 rings (SSSR count). The number of nitro benzene ring substituents is 2. The Morgan fingerprint density at radius 1 is 1.32 bits per heavy atom. The number of rotatable bonds is 5. The Balaban J connectivity index is 2.14. The average molecular weight is 267 g/mol. The van der Waals surface area contributed by atoms with Crippen LogP contribution in [0, 0.1) is 26.1 Å². The summed E-state index contributed by atoms with van der Waals surface area (Å²) in [5.74, 6) is 0.315. The zero-order chi connectivity index (χ0) is 13.8. The van der Waals surface area contributed by atoms with Gasteiger partial charge in [0, 0.05) is 25.1 Å². The fraction of sp³-hybridized carbons (Fsp3) is 0.455. The van der Waals surface area contributed by atoms with E-state index in [4.69, 9.17) is 4.74 Å². The largest absolute Gasteiger partial charge is 0.381 e. The molecule has 0 aliphatic carbocycles. The molecule has 8 heteroatoms. The summed E-state index contributed by atoms with van der Waals surface area (Å²) in [5, 5.41) is 24.5. The molecule has 1 aromatic rings. The second-order valence-electron chi connectivity index (χ2n) is 4.33. The molecule has 1 aromatic carbocycles. The Morgan fingerprint density at radius 2 is 2.11 bits per heavy atom. The lowest BCUT2D eigenvalue weighted by Gasteiger charge is -2.10. The highest BCUT2D eigenvalue weighted by Gasteiger charge is 2.21. The minimum atomic E-state index is -0.651. The molecule has 0 bridgehead atoms. The van der Waals surface area contributed by atoms with Gasteiger partial charge in [-0.25, -0.2) is 0 Å². The van der Waals surface area contributed by atoms with Gasteiger partial charge in [0.2, 0.25) is 0 Å². The minimum Gasteiger partial charge on any atom is -0.381 e. The summed E-state index contributed by atoms with van der Waals surface area (Å²) in [6, 6.07) is 3.58. The lowest BCUT2D eigenvalue weighted by atomic mass is 10.1. The molecule has 0 saturated carbocycles. The number of nitrogens with zero attached hydrogens (tertiary/aromatic N) is 2. The summed E-state index contributed by atoms with van der Waals surface area (Å²) < 4.78 is 5.21. The maximum absolute atomic E-state index is 10.9. The van der Waals surface area contributed by atoms with Crippen LogP contribution in [0.5, 0.6) is 0 Å². The molecule has 1 unspecified atom stereocenters. The van der Waals surface area contributed by atoms with Crippen molar-refractivity contribution in [2.45, 2.75) is 6.42 Å². The molecule has 8 nitrogen and oxygen atoms in total.